The Bertz CT molecular complexity index is 793. The molecule has 0 aliphatic carbocycles. The zero-order valence-electron chi connectivity index (χ0n) is 12.2. The normalized spacial score (nSPS) is 11.0. The molecule has 3 nitrogen and oxygen atoms in total. The van der Waals surface area contributed by atoms with E-state index >= 15 is 0 Å². The average Bonchev–Trinajstić information content (AvgIpc) is 2.82. The molecule has 3 aromatic rings. The predicted molar refractivity (Wildman–Crippen MR) is 91.5 cm³/mol. The van der Waals surface area contributed by atoms with Gasteiger partial charge in [-0.25, -0.2) is 9.97 Å². The maximum absolute atomic E-state index is 5.99. The molecule has 5 heteroatoms. The third kappa shape index (κ3) is 2.49. The van der Waals surface area contributed by atoms with Crippen molar-refractivity contribution in [1.29, 1.82) is 0 Å². The lowest BCUT2D eigenvalue weighted by molar-refractivity contribution is 1.14. The van der Waals surface area contributed by atoms with Gasteiger partial charge in [-0.2, -0.15) is 0 Å². The van der Waals surface area contributed by atoms with Gasteiger partial charge in [0.2, 0.25) is 5.28 Å². The van der Waals surface area contributed by atoms with Crippen LogP contribution in [0.4, 0.5) is 5.82 Å². The number of anilines is 1. The van der Waals surface area contributed by atoms with Gasteiger partial charge in [0, 0.05) is 17.5 Å². The number of nitrogens with one attached hydrogen (secondary N) is 1. The van der Waals surface area contributed by atoms with E-state index in [2.05, 4.69) is 53.4 Å². The zero-order chi connectivity index (χ0) is 15.0. The van der Waals surface area contributed by atoms with E-state index in [4.69, 9.17) is 11.6 Å². The van der Waals surface area contributed by atoms with Crippen molar-refractivity contribution in [1.82, 2.24) is 9.97 Å². The third-order valence-electron chi connectivity index (χ3n) is 3.59. The maximum Gasteiger partial charge on any atom is 0.225 e. The summed E-state index contributed by atoms with van der Waals surface area (Å²) >= 11 is 7.65. The van der Waals surface area contributed by atoms with Crippen LogP contribution >= 0.6 is 22.9 Å². The van der Waals surface area contributed by atoms with Crippen LogP contribution in [0, 0.1) is 6.92 Å². The molecule has 2 heterocycles. The van der Waals surface area contributed by atoms with E-state index in [0.717, 1.165) is 22.5 Å². The van der Waals surface area contributed by atoms with Gasteiger partial charge in [-0.3, -0.25) is 0 Å². The van der Waals surface area contributed by atoms with Crippen LogP contribution in [-0.4, -0.2) is 17.0 Å². The molecule has 0 radical (unpaired) electrons. The minimum absolute atomic E-state index is 0.279. The van der Waals surface area contributed by atoms with E-state index in [-0.39, 0.29) is 5.28 Å². The standard InChI is InChI=1S/C16H16ClN3S/c1-4-10-5-7-11(8-6-10)12-9(2)21-15-13(12)14(18-3)19-16(17)20-15/h5-8H,4H2,1-3H3,(H,18,19,20). The Balaban J connectivity index is 2.28. The summed E-state index contributed by atoms with van der Waals surface area (Å²) in [5, 5.41) is 4.46. The first-order valence-corrected chi connectivity index (χ1v) is 8.07. The number of aryl methyl sites for hydroxylation is 2. The fourth-order valence-electron chi connectivity index (χ4n) is 2.52. The van der Waals surface area contributed by atoms with E-state index in [1.54, 1.807) is 11.3 Å². The Hall–Kier alpha value is -1.65. The van der Waals surface area contributed by atoms with Crippen LogP contribution in [0.15, 0.2) is 24.3 Å². The van der Waals surface area contributed by atoms with Gasteiger partial charge in [-0.1, -0.05) is 31.2 Å². The molecule has 3 rings (SSSR count). The van der Waals surface area contributed by atoms with Crippen molar-refractivity contribution in [2.24, 2.45) is 0 Å². The van der Waals surface area contributed by atoms with E-state index in [1.807, 2.05) is 7.05 Å². The second-order valence-corrected chi connectivity index (χ2v) is 6.40. The molecule has 0 aliphatic rings. The number of nitrogens with zero attached hydrogens (tertiary/aromatic N) is 2. The zero-order valence-corrected chi connectivity index (χ0v) is 13.8. The number of hydrogen-bond donors (Lipinski definition) is 1. The minimum Gasteiger partial charge on any atom is -0.372 e. The molecule has 0 spiro atoms. The summed E-state index contributed by atoms with van der Waals surface area (Å²) in [6, 6.07) is 8.69. The highest BCUT2D eigenvalue weighted by Gasteiger charge is 2.17. The molecule has 0 aliphatic heterocycles. The highest BCUT2D eigenvalue weighted by Crippen LogP contribution is 2.41. The molecule has 108 valence electrons. The molecule has 1 aromatic carbocycles. The Kier molecular flexibility index (Phi) is 3.83. The van der Waals surface area contributed by atoms with Crippen molar-refractivity contribution in [2.45, 2.75) is 20.3 Å². The van der Waals surface area contributed by atoms with E-state index in [9.17, 15) is 0 Å². The molecule has 0 atom stereocenters. The monoisotopic (exact) mass is 317 g/mol. The minimum atomic E-state index is 0.279. The number of thiophene rings is 1. The summed E-state index contributed by atoms with van der Waals surface area (Å²) in [6.07, 6.45) is 1.05. The van der Waals surface area contributed by atoms with Crippen molar-refractivity contribution in [2.75, 3.05) is 12.4 Å². The quantitative estimate of drug-likeness (QED) is 0.696. The van der Waals surface area contributed by atoms with Gasteiger partial charge >= 0.3 is 0 Å². The number of fused-ring (bicyclic) bond motifs is 1. The lowest BCUT2D eigenvalue weighted by Crippen LogP contribution is -1.95. The fraction of sp³-hybridized carbons (Fsp3) is 0.250. The second kappa shape index (κ2) is 5.62. The third-order valence-corrected chi connectivity index (χ3v) is 4.76. The molecule has 0 saturated heterocycles. The molecule has 0 saturated carbocycles. The summed E-state index contributed by atoms with van der Waals surface area (Å²) in [5.41, 5.74) is 3.72. The second-order valence-electron chi connectivity index (χ2n) is 4.86. The topological polar surface area (TPSA) is 37.8 Å². The van der Waals surface area contributed by atoms with Gasteiger partial charge in [-0.15, -0.1) is 11.3 Å². The van der Waals surface area contributed by atoms with E-state index in [0.29, 0.717) is 0 Å². The fourth-order valence-corrected chi connectivity index (χ4v) is 3.79. The van der Waals surface area contributed by atoms with E-state index < -0.39 is 0 Å². The van der Waals surface area contributed by atoms with Crippen LogP contribution in [0.5, 0.6) is 0 Å². The Morgan fingerprint density at radius 1 is 1.19 bits per heavy atom. The number of aromatic nitrogens is 2. The van der Waals surface area contributed by atoms with Gasteiger partial charge in [0.1, 0.15) is 10.6 Å². The highest BCUT2D eigenvalue weighted by atomic mass is 35.5. The van der Waals surface area contributed by atoms with Gasteiger partial charge in [0.25, 0.3) is 0 Å². The van der Waals surface area contributed by atoms with Crippen LogP contribution in [0.1, 0.15) is 17.4 Å². The van der Waals surface area contributed by atoms with Crippen molar-refractivity contribution in [3.05, 3.63) is 40.0 Å². The SMILES string of the molecule is CCc1ccc(-c2c(C)sc3nc(Cl)nc(NC)c23)cc1. The van der Waals surface area contributed by atoms with Gasteiger partial charge in [0.05, 0.1) is 5.39 Å². The molecular formula is C16H16ClN3S. The average molecular weight is 318 g/mol. The number of benzene rings is 1. The molecule has 21 heavy (non-hydrogen) atoms. The van der Waals surface area contributed by atoms with Gasteiger partial charge < -0.3 is 5.32 Å². The first-order valence-electron chi connectivity index (χ1n) is 6.87. The molecule has 2 aromatic heterocycles. The first-order chi connectivity index (χ1) is 10.1. The molecule has 0 bridgehead atoms. The first kappa shape index (κ1) is 14.3. The summed E-state index contributed by atoms with van der Waals surface area (Å²) in [7, 11) is 1.86. The molecule has 0 fully saturated rings. The Morgan fingerprint density at radius 2 is 1.90 bits per heavy atom. The molecule has 1 N–H and O–H groups in total. The summed E-state index contributed by atoms with van der Waals surface area (Å²) in [6.45, 7) is 4.28. The number of halogens is 1. The van der Waals surface area contributed by atoms with Gasteiger partial charge in [-0.05, 0) is 36.1 Å². The lowest BCUT2D eigenvalue weighted by atomic mass is 10.0. The summed E-state index contributed by atoms with van der Waals surface area (Å²) in [4.78, 5) is 10.8. The van der Waals surface area contributed by atoms with E-state index in [1.165, 1.54) is 21.6 Å². The van der Waals surface area contributed by atoms with Crippen molar-refractivity contribution >= 4 is 39.0 Å². The van der Waals surface area contributed by atoms with Crippen LogP contribution in [-0.2, 0) is 6.42 Å². The van der Waals surface area contributed by atoms with Crippen LogP contribution < -0.4 is 5.32 Å². The predicted octanol–water partition coefficient (Wildman–Crippen LogP) is 4.92. The Labute approximate surface area is 133 Å². The van der Waals surface area contributed by atoms with Crippen molar-refractivity contribution in [3.8, 4) is 11.1 Å². The largest absolute Gasteiger partial charge is 0.372 e. The van der Waals surface area contributed by atoms with Gasteiger partial charge in [0.15, 0.2) is 0 Å². The van der Waals surface area contributed by atoms with Crippen LogP contribution in [0.25, 0.3) is 21.3 Å². The number of hydrogen-bond acceptors (Lipinski definition) is 4. The summed E-state index contributed by atoms with van der Waals surface area (Å²) < 4.78 is 0. The maximum atomic E-state index is 5.99. The lowest BCUT2D eigenvalue weighted by Gasteiger charge is -2.07. The van der Waals surface area contributed by atoms with Crippen molar-refractivity contribution < 1.29 is 0 Å². The van der Waals surface area contributed by atoms with Crippen LogP contribution in [0.3, 0.4) is 0 Å². The Morgan fingerprint density at radius 3 is 2.52 bits per heavy atom. The smallest absolute Gasteiger partial charge is 0.225 e. The summed E-state index contributed by atoms with van der Waals surface area (Å²) in [5.74, 6) is 0.781. The highest BCUT2D eigenvalue weighted by molar-refractivity contribution is 7.19. The molecule has 0 amide bonds. The van der Waals surface area contributed by atoms with Crippen molar-refractivity contribution in [3.63, 3.8) is 0 Å². The number of rotatable bonds is 3. The molecular weight excluding hydrogens is 302 g/mol. The van der Waals surface area contributed by atoms with Crippen LogP contribution in [0.2, 0.25) is 5.28 Å². The molecule has 0 unspecified atom stereocenters.